The van der Waals surface area contributed by atoms with Gasteiger partial charge in [0.1, 0.15) is 11.8 Å². The van der Waals surface area contributed by atoms with Gasteiger partial charge >= 0.3 is 0 Å². The maximum absolute atomic E-state index is 12.2. The van der Waals surface area contributed by atoms with E-state index in [1.807, 2.05) is 0 Å². The van der Waals surface area contributed by atoms with Crippen molar-refractivity contribution in [2.45, 2.75) is 13.0 Å². The Labute approximate surface area is 177 Å². The van der Waals surface area contributed by atoms with E-state index in [9.17, 15) is 9.59 Å². The number of nitrogens with one attached hydrogen (secondary N) is 2. The van der Waals surface area contributed by atoms with E-state index in [2.05, 4.69) is 31.8 Å². The number of hydrogen-bond acceptors (Lipinski definition) is 6. The first-order chi connectivity index (χ1) is 13.9. The Morgan fingerprint density at radius 1 is 1.07 bits per heavy atom. The second kappa shape index (κ2) is 10.5. The summed E-state index contributed by atoms with van der Waals surface area (Å²) < 4.78 is 16.3. The summed E-state index contributed by atoms with van der Waals surface area (Å²) in [5.74, 6) is 0.896. The first-order valence-corrected chi connectivity index (χ1v) is 9.38. The van der Waals surface area contributed by atoms with Crippen LogP contribution in [0, 0.1) is 0 Å². The zero-order valence-corrected chi connectivity index (χ0v) is 18.1. The van der Waals surface area contributed by atoms with Gasteiger partial charge in [-0.25, -0.2) is 5.43 Å². The lowest BCUT2D eigenvalue weighted by Gasteiger charge is -2.12. The highest BCUT2D eigenvalue weighted by atomic mass is 79.9. The Morgan fingerprint density at radius 2 is 1.76 bits per heavy atom. The fourth-order valence-corrected chi connectivity index (χ4v) is 2.99. The van der Waals surface area contributed by atoms with E-state index < -0.39 is 11.9 Å². The summed E-state index contributed by atoms with van der Waals surface area (Å²) in [6.07, 6.45) is 1.46. The molecule has 0 radical (unpaired) electrons. The first kappa shape index (κ1) is 22.2. The number of halogens is 1. The Hall–Kier alpha value is -3.07. The van der Waals surface area contributed by atoms with Crippen LogP contribution in [-0.2, 0) is 4.79 Å². The number of carbonyl (C=O) groups excluding carboxylic acids is 2. The molecule has 1 atom stereocenters. The largest absolute Gasteiger partial charge is 0.497 e. The molecule has 29 heavy (non-hydrogen) atoms. The Kier molecular flexibility index (Phi) is 8.02. The van der Waals surface area contributed by atoms with Gasteiger partial charge in [0, 0.05) is 5.56 Å². The number of nitrogens with zero attached hydrogens (tertiary/aromatic N) is 1. The molecule has 0 saturated heterocycles. The molecule has 8 nitrogen and oxygen atoms in total. The van der Waals surface area contributed by atoms with Gasteiger partial charge in [-0.05, 0) is 64.8 Å². The number of rotatable bonds is 8. The van der Waals surface area contributed by atoms with E-state index >= 15 is 0 Å². The molecule has 2 rings (SSSR count). The van der Waals surface area contributed by atoms with Crippen molar-refractivity contribution in [2.24, 2.45) is 5.10 Å². The summed E-state index contributed by atoms with van der Waals surface area (Å²) >= 11 is 3.39. The van der Waals surface area contributed by atoms with Gasteiger partial charge in [-0.1, -0.05) is 0 Å². The molecular weight excluding hydrogens is 442 g/mol. The molecule has 2 N–H and O–H groups in total. The topological polar surface area (TPSA) is 98.2 Å². The van der Waals surface area contributed by atoms with Crippen LogP contribution < -0.4 is 25.0 Å². The van der Waals surface area contributed by atoms with Crippen molar-refractivity contribution >= 4 is 34.0 Å². The summed E-state index contributed by atoms with van der Waals surface area (Å²) in [5, 5.41) is 6.54. The van der Waals surface area contributed by atoms with Crippen LogP contribution in [0.4, 0.5) is 0 Å². The Bertz CT molecular complexity index is 900. The van der Waals surface area contributed by atoms with Crippen LogP contribution in [0.25, 0.3) is 0 Å². The fourth-order valence-electron chi connectivity index (χ4n) is 2.37. The SMILES string of the molecule is COc1ccc(C(=O)NC(C)C(=O)NN=Cc2cc(Br)c(OC)c(OC)c2)cc1. The second-order valence-electron chi connectivity index (χ2n) is 5.90. The van der Waals surface area contributed by atoms with Gasteiger partial charge in [-0.3, -0.25) is 9.59 Å². The second-order valence-corrected chi connectivity index (χ2v) is 6.75. The van der Waals surface area contributed by atoms with Crippen molar-refractivity contribution in [3.63, 3.8) is 0 Å². The molecule has 0 aromatic heterocycles. The molecule has 0 aliphatic heterocycles. The van der Waals surface area contributed by atoms with Crippen molar-refractivity contribution in [3.05, 3.63) is 52.0 Å². The van der Waals surface area contributed by atoms with Gasteiger partial charge in [-0.2, -0.15) is 5.10 Å². The van der Waals surface area contributed by atoms with E-state index in [0.29, 0.717) is 32.8 Å². The maximum Gasteiger partial charge on any atom is 0.262 e. The number of hydrazone groups is 1. The molecule has 0 aliphatic carbocycles. The quantitative estimate of drug-likeness (QED) is 0.463. The predicted octanol–water partition coefficient (Wildman–Crippen LogP) is 2.74. The van der Waals surface area contributed by atoms with Gasteiger partial charge < -0.3 is 19.5 Å². The molecule has 9 heteroatoms. The van der Waals surface area contributed by atoms with Gasteiger partial charge in [0.25, 0.3) is 11.8 Å². The zero-order valence-electron chi connectivity index (χ0n) is 16.5. The van der Waals surface area contributed by atoms with Crippen molar-refractivity contribution in [1.29, 1.82) is 0 Å². The lowest BCUT2D eigenvalue weighted by molar-refractivity contribution is -0.122. The summed E-state index contributed by atoms with van der Waals surface area (Å²) in [6.45, 7) is 1.57. The molecule has 0 fully saturated rings. The van der Waals surface area contributed by atoms with E-state index in [-0.39, 0.29) is 5.91 Å². The number of benzene rings is 2. The summed E-state index contributed by atoms with van der Waals surface area (Å²) in [4.78, 5) is 24.4. The van der Waals surface area contributed by atoms with Gasteiger partial charge in [0.05, 0.1) is 32.0 Å². The average molecular weight is 464 g/mol. The smallest absolute Gasteiger partial charge is 0.262 e. The van der Waals surface area contributed by atoms with Crippen LogP contribution in [-0.4, -0.2) is 45.4 Å². The minimum atomic E-state index is -0.779. The van der Waals surface area contributed by atoms with Crippen LogP contribution in [0.3, 0.4) is 0 Å². The average Bonchev–Trinajstić information content (AvgIpc) is 2.73. The molecule has 2 amide bonds. The molecule has 1 unspecified atom stereocenters. The van der Waals surface area contributed by atoms with Crippen LogP contribution >= 0.6 is 15.9 Å². The fraction of sp³-hybridized carbons (Fsp3) is 0.250. The van der Waals surface area contributed by atoms with E-state index in [0.717, 1.165) is 0 Å². The molecule has 0 spiro atoms. The molecule has 0 saturated carbocycles. The van der Waals surface area contributed by atoms with Crippen molar-refractivity contribution in [1.82, 2.24) is 10.7 Å². The normalized spacial score (nSPS) is 11.6. The molecule has 2 aromatic rings. The number of hydrogen-bond donors (Lipinski definition) is 2. The maximum atomic E-state index is 12.2. The highest BCUT2D eigenvalue weighted by molar-refractivity contribution is 9.10. The predicted molar refractivity (Wildman–Crippen MR) is 113 cm³/mol. The molecule has 2 aromatic carbocycles. The van der Waals surface area contributed by atoms with Crippen molar-refractivity contribution in [2.75, 3.05) is 21.3 Å². The highest BCUT2D eigenvalue weighted by Gasteiger charge is 2.16. The number of ether oxygens (including phenoxy) is 3. The lowest BCUT2D eigenvalue weighted by atomic mass is 10.2. The third-order valence-corrected chi connectivity index (χ3v) is 4.53. The zero-order chi connectivity index (χ0) is 21.4. The monoisotopic (exact) mass is 463 g/mol. The standard InChI is InChI=1S/C20H22BrN3O5/c1-12(23-20(26)14-5-7-15(27-2)8-6-14)19(25)24-22-11-13-9-16(21)18(29-4)17(10-13)28-3/h5-12H,1-4H3,(H,23,26)(H,24,25). The van der Waals surface area contributed by atoms with Crippen molar-refractivity contribution in [3.8, 4) is 17.2 Å². The highest BCUT2D eigenvalue weighted by Crippen LogP contribution is 2.35. The van der Waals surface area contributed by atoms with Crippen LogP contribution in [0.1, 0.15) is 22.8 Å². The lowest BCUT2D eigenvalue weighted by Crippen LogP contribution is -2.43. The third-order valence-electron chi connectivity index (χ3n) is 3.94. The number of carbonyl (C=O) groups is 2. The molecular formula is C20H22BrN3O5. The van der Waals surface area contributed by atoms with Crippen molar-refractivity contribution < 1.29 is 23.8 Å². The molecule has 154 valence electrons. The number of amides is 2. The minimum absolute atomic E-state index is 0.372. The Balaban J connectivity index is 1.95. The minimum Gasteiger partial charge on any atom is -0.497 e. The van der Waals surface area contributed by atoms with Gasteiger partial charge in [-0.15, -0.1) is 0 Å². The number of methoxy groups -OCH3 is 3. The van der Waals surface area contributed by atoms with Crippen LogP contribution in [0.5, 0.6) is 17.2 Å². The van der Waals surface area contributed by atoms with E-state index in [1.165, 1.54) is 20.4 Å². The van der Waals surface area contributed by atoms with Gasteiger partial charge in [0.2, 0.25) is 0 Å². The Morgan fingerprint density at radius 3 is 2.34 bits per heavy atom. The van der Waals surface area contributed by atoms with E-state index in [1.54, 1.807) is 50.4 Å². The van der Waals surface area contributed by atoms with E-state index in [4.69, 9.17) is 14.2 Å². The summed E-state index contributed by atoms with van der Waals surface area (Å²) in [6, 6.07) is 9.28. The summed E-state index contributed by atoms with van der Waals surface area (Å²) in [7, 11) is 4.61. The first-order valence-electron chi connectivity index (χ1n) is 8.59. The van der Waals surface area contributed by atoms with Crippen LogP contribution in [0.15, 0.2) is 46.0 Å². The molecule has 0 aliphatic rings. The third kappa shape index (κ3) is 5.95. The van der Waals surface area contributed by atoms with Crippen LogP contribution in [0.2, 0.25) is 0 Å². The molecule has 0 heterocycles. The molecule has 0 bridgehead atoms. The van der Waals surface area contributed by atoms with Gasteiger partial charge in [0.15, 0.2) is 11.5 Å². The summed E-state index contributed by atoms with van der Waals surface area (Å²) in [5.41, 5.74) is 3.51.